The minimum absolute atomic E-state index is 0.0618. The Labute approximate surface area is 141 Å². The lowest BCUT2D eigenvalue weighted by Crippen LogP contribution is -2.38. The van der Waals surface area contributed by atoms with Crippen LogP contribution < -0.4 is 14.8 Å². The molecule has 2 rings (SSSR count). The lowest BCUT2D eigenvalue weighted by Gasteiger charge is -2.16. The number of carbonyl (C=O) groups is 1. The summed E-state index contributed by atoms with van der Waals surface area (Å²) in [5.41, 5.74) is 2.24. The summed E-state index contributed by atoms with van der Waals surface area (Å²) in [7, 11) is 0. The second-order valence-electron chi connectivity index (χ2n) is 5.53. The quantitative estimate of drug-likeness (QED) is 0.791. The molecule has 5 heteroatoms. The Hall–Kier alpha value is -2.56. The highest BCUT2D eigenvalue weighted by Gasteiger charge is 2.15. The van der Waals surface area contributed by atoms with E-state index in [1.807, 2.05) is 32.0 Å². The van der Waals surface area contributed by atoms with Crippen molar-refractivity contribution in [2.45, 2.75) is 26.9 Å². The zero-order chi connectivity index (χ0) is 17.5. The van der Waals surface area contributed by atoms with Crippen molar-refractivity contribution in [3.8, 4) is 11.5 Å². The molecule has 0 aliphatic rings. The predicted molar refractivity (Wildman–Crippen MR) is 90.9 cm³/mol. The lowest BCUT2D eigenvalue weighted by atomic mass is 10.1. The highest BCUT2D eigenvalue weighted by molar-refractivity contribution is 5.80. The maximum absolute atomic E-state index is 13.5. The smallest absolute Gasteiger partial charge is 0.260 e. The van der Waals surface area contributed by atoms with E-state index in [1.54, 1.807) is 19.1 Å². The molecule has 4 nitrogen and oxygen atoms in total. The molecule has 0 bridgehead atoms. The molecule has 128 valence electrons. The summed E-state index contributed by atoms with van der Waals surface area (Å²) >= 11 is 0. The van der Waals surface area contributed by atoms with Gasteiger partial charge in [-0.15, -0.1) is 0 Å². The topological polar surface area (TPSA) is 47.6 Å². The van der Waals surface area contributed by atoms with E-state index in [0.717, 1.165) is 16.9 Å². The van der Waals surface area contributed by atoms with Crippen LogP contribution in [0.25, 0.3) is 0 Å². The third-order valence-electron chi connectivity index (χ3n) is 3.72. The number of amides is 1. The van der Waals surface area contributed by atoms with Gasteiger partial charge in [-0.2, -0.15) is 0 Å². The Bertz CT molecular complexity index is 703. The van der Waals surface area contributed by atoms with Crippen molar-refractivity contribution >= 4 is 5.91 Å². The van der Waals surface area contributed by atoms with Gasteiger partial charge in [-0.25, -0.2) is 4.39 Å². The maximum atomic E-state index is 13.5. The van der Waals surface area contributed by atoms with Crippen molar-refractivity contribution < 1.29 is 18.7 Å². The Morgan fingerprint density at radius 1 is 1.12 bits per heavy atom. The predicted octanol–water partition coefficient (Wildman–Crippen LogP) is 3.41. The van der Waals surface area contributed by atoms with Crippen LogP contribution in [0.5, 0.6) is 11.5 Å². The number of aryl methyl sites for hydroxylation is 1. The second-order valence-corrected chi connectivity index (χ2v) is 5.53. The molecule has 2 aromatic carbocycles. The fraction of sp³-hybridized carbons (Fsp3) is 0.316. The zero-order valence-corrected chi connectivity index (χ0v) is 14.1. The van der Waals surface area contributed by atoms with Crippen LogP contribution in [0.2, 0.25) is 0 Å². The number of benzene rings is 2. The summed E-state index contributed by atoms with van der Waals surface area (Å²) in [6.45, 7) is 6.28. The molecule has 0 spiro atoms. The third-order valence-corrected chi connectivity index (χ3v) is 3.72. The summed E-state index contributed by atoms with van der Waals surface area (Å²) in [6.07, 6.45) is -0.789. The van der Waals surface area contributed by atoms with Crippen molar-refractivity contribution in [2.75, 3.05) is 13.2 Å². The Morgan fingerprint density at radius 3 is 2.58 bits per heavy atom. The molecule has 2 aromatic rings. The molecule has 24 heavy (non-hydrogen) atoms. The van der Waals surface area contributed by atoms with Crippen molar-refractivity contribution in [1.82, 2.24) is 5.32 Å². The number of nitrogens with one attached hydrogen (secondary N) is 1. The highest BCUT2D eigenvalue weighted by Crippen LogP contribution is 2.20. The number of rotatable bonds is 7. The Morgan fingerprint density at radius 2 is 1.83 bits per heavy atom. The van der Waals surface area contributed by atoms with Crippen LogP contribution in [-0.4, -0.2) is 25.2 Å². The molecule has 0 fully saturated rings. The summed E-state index contributed by atoms with van der Waals surface area (Å²) in [4.78, 5) is 12.0. The number of para-hydroxylation sites is 1. The van der Waals surface area contributed by atoms with Crippen molar-refractivity contribution in [2.24, 2.45) is 0 Å². The molecule has 1 unspecified atom stereocenters. The van der Waals surface area contributed by atoms with E-state index in [4.69, 9.17) is 9.47 Å². The van der Waals surface area contributed by atoms with Gasteiger partial charge >= 0.3 is 0 Å². The SMILES string of the molecule is Cc1cccc(OCCNC(=O)C(C)Oc2ccccc2F)c1C. The number of halogens is 1. The van der Waals surface area contributed by atoms with E-state index >= 15 is 0 Å². The zero-order valence-electron chi connectivity index (χ0n) is 14.1. The molecular formula is C19H22FNO3. The molecule has 0 radical (unpaired) electrons. The summed E-state index contributed by atoms with van der Waals surface area (Å²) in [5, 5.41) is 2.72. The van der Waals surface area contributed by atoms with Gasteiger partial charge < -0.3 is 14.8 Å². The maximum Gasteiger partial charge on any atom is 0.260 e. The van der Waals surface area contributed by atoms with Gasteiger partial charge in [-0.05, 0) is 50.1 Å². The standard InChI is InChI=1S/C19H22FNO3/c1-13-7-6-10-17(14(13)2)23-12-11-21-19(22)15(3)24-18-9-5-4-8-16(18)20/h4-10,15H,11-12H2,1-3H3,(H,21,22). The van der Waals surface area contributed by atoms with Crippen LogP contribution in [0, 0.1) is 19.7 Å². The first-order chi connectivity index (χ1) is 11.5. The highest BCUT2D eigenvalue weighted by atomic mass is 19.1. The van der Waals surface area contributed by atoms with Crippen LogP contribution in [0.15, 0.2) is 42.5 Å². The summed E-state index contributed by atoms with van der Waals surface area (Å²) in [5.74, 6) is 0.0601. The minimum Gasteiger partial charge on any atom is -0.491 e. The van der Waals surface area contributed by atoms with Crippen molar-refractivity contribution in [3.05, 3.63) is 59.4 Å². The van der Waals surface area contributed by atoms with Gasteiger partial charge in [0.15, 0.2) is 17.7 Å². The number of carbonyl (C=O) groups excluding carboxylic acids is 1. The molecule has 0 aromatic heterocycles. The van der Waals surface area contributed by atoms with Crippen LogP contribution >= 0.6 is 0 Å². The monoisotopic (exact) mass is 331 g/mol. The first-order valence-corrected chi connectivity index (χ1v) is 7.87. The van der Waals surface area contributed by atoms with Crippen LogP contribution in [-0.2, 0) is 4.79 Å². The molecule has 0 aliphatic carbocycles. The summed E-state index contributed by atoms with van der Waals surface area (Å²) in [6, 6.07) is 11.8. The van der Waals surface area contributed by atoms with Gasteiger partial charge in [0, 0.05) is 0 Å². The molecule has 0 saturated heterocycles. The van der Waals surface area contributed by atoms with E-state index in [-0.39, 0.29) is 11.7 Å². The average Bonchev–Trinajstić information content (AvgIpc) is 2.57. The molecule has 0 saturated carbocycles. The van der Waals surface area contributed by atoms with Gasteiger partial charge in [-0.1, -0.05) is 24.3 Å². The van der Waals surface area contributed by atoms with E-state index in [2.05, 4.69) is 5.32 Å². The molecule has 0 aliphatic heterocycles. The fourth-order valence-corrected chi connectivity index (χ4v) is 2.14. The summed E-state index contributed by atoms with van der Waals surface area (Å²) < 4.78 is 24.5. The largest absolute Gasteiger partial charge is 0.491 e. The number of ether oxygens (including phenoxy) is 2. The molecular weight excluding hydrogens is 309 g/mol. The van der Waals surface area contributed by atoms with Crippen molar-refractivity contribution in [1.29, 1.82) is 0 Å². The molecule has 0 heterocycles. The first-order valence-electron chi connectivity index (χ1n) is 7.87. The molecule has 1 N–H and O–H groups in total. The van der Waals surface area contributed by atoms with E-state index in [9.17, 15) is 9.18 Å². The van der Waals surface area contributed by atoms with Crippen LogP contribution in [0.4, 0.5) is 4.39 Å². The third kappa shape index (κ3) is 4.72. The van der Waals surface area contributed by atoms with Gasteiger partial charge in [0.1, 0.15) is 12.4 Å². The molecule has 1 amide bonds. The second kappa shape index (κ2) is 8.34. The van der Waals surface area contributed by atoms with Gasteiger partial charge in [-0.3, -0.25) is 4.79 Å². The van der Waals surface area contributed by atoms with Crippen molar-refractivity contribution in [3.63, 3.8) is 0 Å². The van der Waals surface area contributed by atoms with Crippen LogP contribution in [0.1, 0.15) is 18.1 Å². The number of hydrogen-bond acceptors (Lipinski definition) is 3. The van der Waals surface area contributed by atoms with Gasteiger partial charge in [0.2, 0.25) is 0 Å². The van der Waals surface area contributed by atoms with Gasteiger partial charge in [0.05, 0.1) is 6.54 Å². The fourth-order valence-electron chi connectivity index (χ4n) is 2.14. The van der Waals surface area contributed by atoms with E-state index < -0.39 is 11.9 Å². The number of hydrogen-bond donors (Lipinski definition) is 1. The Kier molecular flexibility index (Phi) is 6.18. The van der Waals surface area contributed by atoms with Crippen LogP contribution in [0.3, 0.4) is 0 Å². The van der Waals surface area contributed by atoms with E-state index in [0.29, 0.717) is 13.2 Å². The minimum atomic E-state index is -0.789. The van der Waals surface area contributed by atoms with Gasteiger partial charge in [0.25, 0.3) is 5.91 Å². The lowest BCUT2D eigenvalue weighted by molar-refractivity contribution is -0.127. The van der Waals surface area contributed by atoms with E-state index in [1.165, 1.54) is 12.1 Å². The Balaban J connectivity index is 1.76. The first kappa shape index (κ1) is 17.8. The normalized spacial score (nSPS) is 11.7. The molecule has 1 atom stereocenters. The average molecular weight is 331 g/mol.